The second kappa shape index (κ2) is 8.57. The zero-order valence-corrected chi connectivity index (χ0v) is 17.5. The molecule has 1 fully saturated rings. The zero-order chi connectivity index (χ0) is 21.9. The lowest BCUT2D eigenvalue weighted by atomic mass is 9.54. The summed E-state index contributed by atoms with van der Waals surface area (Å²) in [5.74, 6) is -0.443. The summed E-state index contributed by atoms with van der Waals surface area (Å²) in [5.41, 5.74) is -0.242. The summed E-state index contributed by atoms with van der Waals surface area (Å²) >= 11 is 0. The quantitative estimate of drug-likeness (QED) is 0.726. The van der Waals surface area contributed by atoms with Gasteiger partial charge in [0.05, 0.1) is 57.3 Å². The van der Waals surface area contributed by atoms with Gasteiger partial charge in [0.2, 0.25) is 0 Å². The van der Waals surface area contributed by atoms with Crippen LogP contribution in [0.1, 0.15) is 25.3 Å². The van der Waals surface area contributed by atoms with E-state index in [0.717, 1.165) is 17.7 Å². The second-order valence-corrected chi connectivity index (χ2v) is 7.73. The summed E-state index contributed by atoms with van der Waals surface area (Å²) in [4.78, 5) is 1.24. The van der Waals surface area contributed by atoms with Crippen molar-refractivity contribution in [3.05, 3.63) is 35.4 Å². The van der Waals surface area contributed by atoms with Gasteiger partial charge in [-0.3, -0.25) is 0 Å². The number of nitrogens with zero attached hydrogens (tertiary/aromatic N) is 3. The first kappa shape index (κ1) is 21.4. The number of likely N-dealkylation sites (N-methyl/N-ethyl adjacent to an activating group) is 1. The lowest BCUT2D eigenvalue weighted by Crippen LogP contribution is -3.10. The first-order chi connectivity index (χ1) is 14.5. The third-order valence-corrected chi connectivity index (χ3v) is 6.01. The summed E-state index contributed by atoms with van der Waals surface area (Å²) in [6, 6.07) is 11.9. The normalized spacial score (nSPS) is 26.9. The number of benzene rings is 1. The van der Waals surface area contributed by atoms with E-state index in [-0.39, 0.29) is 11.6 Å². The van der Waals surface area contributed by atoms with Crippen molar-refractivity contribution in [2.45, 2.75) is 19.8 Å². The fourth-order valence-electron chi connectivity index (χ4n) is 4.69. The van der Waals surface area contributed by atoms with E-state index in [9.17, 15) is 15.8 Å². The number of ether oxygens (including phenoxy) is 2. The van der Waals surface area contributed by atoms with Crippen LogP contribution in [0.2, 0.25) is 0 Å². The molecule has 1 aliphatic carbocycles. The van der Waals surface area contributed by atoms with E-state index in [1.807, 2.05) is 32.1 Å². The smallest absolute Gasteiger partial charge is 0.189 e. The van der Waals surface area contributed by atoms with Crippen LogP contribution in [0, 0.1) is 56.7 Å². The number of fused-ring (bicyclic) bond motifs is 1. The molecule has 2 N–H and O–H groups in total. The molecule has 0 radical (unpaired) electrons. The molecule has 1 unspecified atom stereocenters. The van der Waals surface area contributed by atoms with Crippen molar-refractivity contribution in [2.75, 3.05) is 33.4 Å². The maximum atomic E-state index is 10.1. The van der Waals surface area contributed by atoms with Crippen molar-refractivity contribution in [2.24, 2.45) is 17.3 Å². The van der Waals surface area contributed by atoms with Gasteiger partial charge in [0.1, 0.15) is 5.92 Å². The van der Waals surface area contributed by atoms with Gasteiger partial charge in [-0.15, -0.1) is 0 Å². The van der Waals surface area contributed by atoms with Gasteiger partial charge in [-0.05, 0) is 43.2 Å². The number of hydrogen-bond donors (Lipinski definition) is 2. The predicted molar refractivity (Wildman–Crippen MR) is 110 cm³/mol. The van der Waals surface area contributed by atoms with Crippen LogP contribution in [-0.4, -0.2) is 39.1 Å². The monoisotopic (exact) mass is 404 g/mol. The lowest BCUT2D eigenvalue weighted by molar-refractivity contribution is -0.878. The molecule has 7 heteroatoms. The summed E-state index contributed by atoms with van der Waals surface area (Å²) in [5, 5.41) is 38.7. The number of nitriles is 3. The van der Waals surface area contributed by atoms with Crippen LogP contribution in [0.15, 0.2) is 29.8 Å². The van der Waals surface area contributed by atoms with Crippen molar-refractivity contribution < 1.29 is 14.4 Å². The molecule has 4 atom stereocenters. The topological polar surface area (TPSA) is 118 Å². The van der Waals surface area contributed by atoms with Crippen LogP contribution in [0.25, 0.3) is 0 Å². The molecule has 2 aliphatic rings. The fourth-order valence-corrected chi connectivity index (χ4v) is 4.69. The van der Waals surface area contributed by atoms with E-state index in [4.69, 9.17) is 14.9 Å². The Kier molecular flexibility index (Phi) is 6.11. The highest BCUT2D eigenvalue weighted by Gasteiger charge is 2.58. The van der Waals surface area contributed by atoms with E-state index in [0.29, 0.717) is 31.3 Å². The van der Waals surface area contributed by atoms with E-state index >= 15 is 0 Å². The molecule has 0 saturated heterocycles. The van der Waals surface area contributed by atoms with Crippen LogP contribution < -0.4 is 14.4 Å². The van der Waals surface area contributed by atoms with Gasteiger partial charge in [-0.25, -0.2) is 0 Å². The maximum absolute atomic E-state index is 10.1. The predicted octanol–water partition coefficient (Wildman–Crippen LogP) is 1.85. The minimum Gasteiger partial charge on any atom is -0.490 e. The third kappa shape index (κ3) is 3.30. The Balaban J connectivity index is 2.23. The molecule has 1 heterocycles. The van der Waals surface area contributed by atoms with Crippen molar-refractivity contribution in [1.29, 1.82) is 21.2 Å². The highest BCUT2D eigenvalue weighted by molar-refractivity contribution is 6.00. The first-order valence-electron chi connectivity index (χ1n) is 10.2. The Morgan fingerprint density at radius 3 is 2.40 bits per heavy atom. The van der Waals surface area contributed by atoms with Gasteiger partial charge in [0.15, 0.2) is 16.9 Å². The van der Waals surface area contributed by atoms with Gasteiger partial charge in [-0.2, -0.15) is 15.8 Å². The zero-order valence-electron chi connectivity index (χ0n) is 17.5. The molecule has 1 aromatic rings. The number of rotatable bonds is 5. The van der Waals surface area contributed by atoms with Crippen LogP contribution in [0.3, 0.4) is 0 Å². The number of quaternary nitrogens is 1. The fraction of sp³-hybridized carbons (Fsp3) is 0.478. The Morgan fingerprint density at radius 2 is 1.80 bits per heavy atom. The molecule has 7 nitrogen and oxygen atoms in total. The standard InChI is InChI=1S/C23H25N5O2/c1-4-29-19-7-6-15(10-20(19)30-5-2)21-18-12-28(3)9-8-16(18)17(11-24)22(27)23(21,13-25)14-26/h6-8,10,17-18,21,27H,4-5,9,12H2,1-3H3/p+1/t17-,18+,21+/m1/s1. The number of nitrogens with one attached hydrogen (secondary N) is 2. The Hall–Kier alpha value is -3.34. The third-order valence-electron chi connectivity index (χ3n) is 6.01. The van der Waals surface area contributed by atoms with Crippen molar-refractivity contribution in [3.63, 3.8) is 0 Å². The van der Waals surface area contributed by atoms with Crippen molar-refractivity contribution in [3.8, 4) is 29.7 Å². The molecular weight excluding hydrogens is 378 g/mol. The van der Waals surface area contributed by atoms with Gasteiger partial charge in [0, 0.05) is 11.8 Å². The Morgan fingerprint density at radius 1 is 1.13 bits per heavy atom. The van der Waals surface area contributed by atoms with E-state index in [2.05, 4.69) is 25.3 Å². The molecule has 1 aliphatic heterocycles. The molecule has 154 valence electrons. The maximum Gasteiger partial charge on any atom is 0.189 e. The molecule has 3 rings (SSSR count). The van der Waals surface area contributed by atoms with Crippen molar-refractivity contribution in [1.82, 2.24) is 0 Å². The second-order valence-electron chi connectivity index (χ2n) is 7.73. The Bertz CT molecular complexity index is 980. The van der Waals surface area contributed by atoms with E-state index < -0.39 is 17.3 Å². The van der Waals surface area contributed by atoms with Crippen LogP contribution in [0.5, 0.6) is 11.5 Å². The average Bonchev–Trinajstić information content (AvgIpc) is 2.75. The number of hydrogen-bond acceptors (Lipinski definition) is 6. The molecule has 1 aromatic carbocycles. The van der Waals surface area contributed by atoms with E-state index in [1.54, 1.807) is 6.07 Å². The lowest BCUT2D eigenvalue weighted by Gasteiger charge is -2.46. The minimum atomic E-state index is -1.71. The summed E-state index contributed by atoms with van der Waals surface area (Å²) in [6.45, 7) is 6.15. The molecule has 0 aromatic heterocycles. The molecule has 1 saturated carbocycles. The minimum absolute atomic E-state index is 0.131. The summed E-state index contributed by atoms with van der Waals surface area (Å²) < 4.78 is 11.4. The van der Waals surface area contributed by atoms with Crippen LogP contribution >= 0.6 is 0 Å². The molecule has 30 heavy (non-hydrogen) atoms. The van der Waals surface area contributed by atoms with Gasteiger partial charge < -0.3 is 19.8 Å². The van der Waals surface area contributed by atoms with Crippen LogP contribution in [0.4, 0.5) is 0 Å². The summed E-state index contributed by atoms with van der Waals surface area (Å²) in [7, 11) is 2.05. The van der Waals surface area contributed by atoms with Crippen molar-refractivity contribution >= 4 is 5.71 Å². The van der Waals surface area contributed by atoms with Gasteiger partial charge in [-0.1, -0.05) is 6.07 Å². The highest BCUT2D eigenvalue weighted by Crippen LogP contribution is 2.53. The van der Waals surface area contributed by atoms with Crippen LogP contribution in [-0.2, 0) is 0 Å². The SMILES string of the molecule is CCOc1ccc([C@H]2[C@H]3C[NH+](C)CC=C3[C@@H](C#N)C(=N)C2(C#N)C#N)cc1OCC. The van der Waals surface area contributed by atoms with Gasteiger partial charge in [0.25, 0.3) is 0 Å². The summed E-state index contributed by atoms with van der Waals surface area (Å²) in [6.07, 6.45) is 2.01. The first-order valence-corrected chi connectivity index (χ1v) is 10.2. The molecular formula is C23H26N5O2+. The Labute approximate surface area is 177 Å². The molecule has 0 amide bonds. The highest BCUT2D eigenvalue weighted by atomic mass is 16.5. The largest absolute Gasteiger partial charge is 0.490 e. The molecule has 0 bridgehead atoms. The van der Waals surface area contributed by atoms with E-state index in [1.165, 1.54) is 4.90 Å². The molecule has 0 spiro atoms. The van der Waals surface area contributed by atoms with Gasteiger partial charge >= 0.3 is 0 Å². The average molecular weight is 404 g/mol.